The molecule has 0 amide bonds. The molecule has 3 heteroatoms. The van der Waals surface area contributed by atoms with E-state index in [9.17, 15) is 0 Å². The second kappa shape index (κ2) is 5.61. The van der Waals surface area contributed by atoms with Crippen molar-refractivity contribution in [1.82, 2.24) is 0 Å². The minimum Gasteiger partial charge on any atom is -0.496 e. The molecule has 0 saturated heterocycles. The number of aliphatic hydroxyl groups is 1. The van der Waals surface area contributed by atoms with Crippen LogP contribution >= 0.6 is 0 Å². The van der Waals surface area contributed by atoms with E-state index in [1.165, 1.54) is 0 Å². The lowest BCUT2D eigenvalue weighted by molar-refractivity contribution is 0.288. The highest BCUT2D eigenvalue weighted by Crippen LogP contribution is 2.29. The molecular weight excluding hydrogens is 192 g/mol. The fourth-order valence-corrected chi connectivity index (χ4v) is 1.57. The highest BCUT2D eigenvalue weighted by atomic mass is 16.5. The van der Waals surface area contributed by atoms with Crippen molar-refractivity contribution in [2.45, 2.75) is 19.8 Å². The zero-order valence-corrected chi connectivity index (χ0v) is 9.54. The molecule has 0 unspecified atom stereocenters. The summed E-state index contributed by atoms with van der Waals surface area (Å²) in [5.74, 6) is 1.67. The van der Waals surface area contributed by atoms with Crippen LogP contribution in [0.1, 0.15) is 17.5 Å². The molecule has 1 rings (SSSR count). The molecule has 1 N–H and O–H groups in total. The fourth-order valence-electron chi connectivity index (χ4n) is 1.57. The van der Waals surface area contributed by atoms with Crippen molar-refractivity contribution in [3.05, 3.63) is 23.3 Å². The van der Waals surface area contributed by atoms with Crippen LogP contribution in [-0.2, 0) is 6.42 Å². The van der Waals surface area contributed by atoms with Gasteiger partial charge in [-0.3, -0.25) is 0 Å². The molecule has 15 heavy (non-hydrogen) atoms. The summed E-state index contributed by atoms with van der Waals surface area (Å²) < 4.78 is 10.5. The van der Waals surface area contributed by atoms with Crippen molar-refractivity contribution in [2.75, 3.05) is 20.8 Å². The molecular formula is C12H18O3. The van der Waals surface area contributed by atoms with Crippen LogP contribution in [0.25, 0.3) is 0 Å². The van der Waals surface area contributed by atoms with Gasteiger partial charge in [-0.2, -0.15) is 0 Å². The molecule has 3 nitrogen and oxygen atoms in total. The van der Waals surface area contributed by atoms with Gasteiger partial charge >= 0.3 is 0 Å². The Hall–Kier alpha value is -1.22. The van der Waals surface area contributed by atoms with Gasteiger partial charge in [0.05, 0.1) is 14.2 Å². The van der Waals surface area contributed by atoms with Gasteiger partial charge in [0, 0.05) is 12.2 Å². The molecule has 0 aliphatic heterocycles. The van der Waals surface area contributed by atoms with Gasteiger partial charge in [-0.15, -0.1) is 0 Å². The Bertz CT molecular complexity index is 296. The summed E-state index contributed by atoms with van der Waals surface area (Å²) in [6.45, 7) is 2.17. The molecule has 0 aliphatic rings. The fraction of sp³-hybridized carbons (Fsp3) is 0.500. The van der Waals surface area contributed by atoms with Crippen LogP contribution in [0.4, 0.5) is 0 Å². The van der Waals surface area contributed by atoms with E-state index in [-0.39, 0.29) is 6.61 Å². The Morgan fingerprint density at radius 2 is 1.67 bits per heavy atom. The second-order valence-electron chi connectivity index (χ2n) is 3.45. The third kappa shape index (κ3) is 2.86. The van der Waals surface area contributed by atoms with Crippen LogP contribution in [0.2, 0.25) is 0 Å². The quantitative estimate of drug-likeness (QED) is 0.807. The van der Waals surface area contributed by atoms with Crippen LogP contribution in [0.15, 0.2) is 12.1 Å². The highest BCUT2D eigenvalue weighted by molar-refractivity contribution is 5.47. The monoisotopic (exact) mass is 210 g/mol. The minimum absolute atomic E-state index is 0.207. The average molecular weight is 210 g/mol. The van der Waals surface area contributed by atoms with Crippen LogP contribution in [0, 0.1) is 6.92 Å². The highest BCUT2D eigenvalue weighted by Gasteiger charge is 2.07. The Balaban J connectivity index is 2.98. The number of methoxy groups -OCH3 is 2. The number of rotatable bonds is 5. The van der Waals surface area contributed by atoms with E-state index >= 15 is 0 Å². The van der Waals surface area contributed by atoms with E-state index in [2.05, 4.69) is 0 Å². The van der Waals surface area contributed by atoms with E-state index < -0.39 is 0 Å². The summed E-state index contributed by atoms with van der Waals surface area (Å²) in [5, 5.41) is 8.77. The third-order valence-electron chi connectivity index (χ3n) is 2.44. The van der Waals surface area contributed by atoms with E-state index in [0.717, 1.165) is 35.5 Å². The van der Waals surface area contributed by atoms with Crippen molar-refractivity contribution in [3.8, 4) is 11.5 Å². The normalized spacial score (nSPS) is 10.1. The molecule has 0 spiro atoms. The van der Waals surface area contributed by atoms with E-state index in [4.69, 9.17) is 14.6 Å². The van der Waals surface area contributed by atoms with Crippen LogP contribution in [0.3, 0.4) is 0 Å². The molecule has 1 aromatic carbocycles. The lowest BCUT2D eigenvalue weighted by Crippen LogP contribution is -1.96. The standard InChI is InChI=1S/C12H18O3/c1-9-11(14-2)7-10(5-4-6-13)8-12(9)15-3/h7-8,13H,4-6H2,1-3H3. The maximum absolute atomic E-state index is 8.77. The zero-order chi connectivity index (χ0) is 11.3. The summed E-state index contributed by atoms with van der Waals surface area (Å²) in [5.41, 5.74) is 2.14. The van der Waals surface area contributed by atoms with E-state index in [1.807, 2.05) is 19.1 Å². The molecule has 0 heterocycles. The van der Waals surface area contributed by atoms with Crippen LogP contribution in [0.5, 0.6) is 11.5 Å². The van der Waals surface area contributed by atoms with Gasteiger partial charge in [0.2, 0.25) is 0 Å². The predicted molar refractivity (Wildman–Crippen MR) is 59.7 cm³/mol. The second-order valence-corrected chi connectivity index (χ2v) is 3.45. The lowest BCUT2D eigenvalue weighted by atomic mass is 10.1. The molecule has 1 aromatic rings. The first-order valence-electron chi connectivity index (χ1n) is 5.05. The molecule has 0 bridgehead atoms. The maximum Gasteiger partial charge on any atom is 0.125 e. The van der Waals surface area contributed by atoms with Crippen LogP contribution < -0.4 is 9.47 Å². The largest absolute Gasteiger partial charge is 0.496 e. The Morgan fingerprint density at radius 3 is 2.07 bits per heavy atom. The van der Waals surface area contributed by atoms with Gasteiger partial charge in [0.15, 0.2) is 0 Å². The van der Waals surface area contributed by atoms with Crippen molar-refractivity contribution in [3.63, 3.8) is 0 Å². The van der Waals surface area contributed by atoms with Gasteiger partial charge in [-0.05, 0) is 37.5 Å². The number of hydrogen-bond acceptors (Lipinski definition) is 3. The summed E-state index contributed by atoms with van der Waals surface area (Å²) in [7, 11) is 3.30. The summed E-state index contributed by atoms with van der Waals surface area (Å²) in [6.07, 6.45) is 1.60. The Labute approximate surface area is 90.6 Å². The molecule has 84 valence electrons. The number of benzene rings is 1. The van der Waals surface area contributed by atoms with Crippen molar-refractivity contribution in [2.24, 2.45) is 0 Å². The third-order valence-corrected chi connectivity index (χ3v) is 2.44. The van der Waals surface area contributed by atoms with Gasteiger partial charge < -0.3 is 14.6 Å². The zero-order valence-electron chi connectivity index (χ0n) is 9.54. The van der Waals surface area contributed by atoms with Crippen molar-refractivity contribution in [1.29, 1.82) is 0 Å². The SMILES string of the molecule is COc1cc(CCCO)cc(OC)c1C. The van der Waals surface area contributed by atoms with E-state index in [0.29, 0.717) is 0 Å². The molecule has 0 fully saturated rings. The molecule has 0 radical (unpaired) electrons. The van der Waals surface area contributed by atoms with E-state index in [1.54, 1.807) is 14.2 Å². The smallest absolute Gasteiger partial charge is 0.125 e. The minimum atomic E-state index is 0.207. The summed E-state index contributed by atoms with van der Waals surface area (Å²) in [6, 6.07) is 3.99. The lowest BCUT2D eigenvalue weighted by Gasteiger charge is -2.12. The maximum atomic E-state index is 8.77. The van der Waals surface area contributed by atoms with Gasteiger partial charge in [-0.1, -0.05) is 0 Å². The Morgan fingerprint density at radius 1 is 1.13 bits per heavy atom. The molecule has 0 aliphatic carbocycles. The van der Waals surface area contributed by atoms with Crippen molar-refractivity contribution < 1.29 is 14.6 Å². The topological polar surface area (TPSA) is 38.7 Å². The molecule has 0 saturated carbocycles. The predicted octanol–water partition coefficient (Wildman–Crippen LogP) is 1.94. The van der Waals surface area contributed by atoms with Gasteiger partial charge in [0.25, 0.3) is 0 Å². The first-order chi connectivity index (χ1) is 7.22. The molecule has 0 aromatic heterocycles. The summed E-state index contributed by atoms with van der Waals surface area (Å²) >= 11 is 0. The van der Waals surface area contributed by atoms with Gasteiger partial charge in [0.1, 0.15) is 11.5 Å². The first kappa shape index (κ1) is 11.9. The Kier molecular flexibility index (Phi) is 4.43. The van der Waals surface area contributed by atoms with Gasteiger partial charge in [-0.25, -0.2) is 0 Å². The first-order valence-corrected chi connectivity index (χ1v) is 5.05. The molecule has 0 atom stereocenters. The number of ether oxygens (including phenoxy) is 2. The van der Waals surface area contributed by atoms with Crippen LogP contribution in [-0.4, -0.2) is 25.9 Å². The summed E-state index contributed by atoms with van der Waals surface area (Å²) in [4.78, 5) is 0. The van der Waals surface area contributed by atoms with Crippen molar-refractivity contribution >= 4 is 0 Å². The number of aryl methyl sites for hydroxylation is 1. The average Bonchev–Trinajstić information content (AvgIpc) is 2.27. The number of aliphatic hydroxyl groups excluding tert-OH is 1. The number of hydrogen-bond donors (Lipinski definition) is 1.